The van der Waals surface area contributed by atoms with E-state index in [1.54, 1.807) is 0 Å². The summed E-state index contributed by atoms with van der Waals surface area (Å²) in [6.07, 6.45) is 0.551. The molecule has 0 saturated heterocycles. The highest BCUT2D eigenvalue weighted by Crippen LogP contribution is 2.41. The van der Waals surface area contributed by atoms with E-state index in [1.165, 1.54) is 22.3 Å². The quantitative estimate of drug-likeness (QED) is 0.778. The van der Waals surface area contributed by atoms with E-state index in [0.29, 0.717) is 12.2 Å². The molecule has 0 aromatic heterocycles. The Morgan fingerprint density at radius 1 is 0.842 bits per heavy atom. The zero-order valence-corrected chi connectivity index (χ0v) is 11.0. The van der Waals surface area contributed by atoms with Gasteiger partial charge < -0.3 is 0 Å². The maximum Gasteiger partial charge on any atom is 0.144 e. The van der Waals surface area contributed by atoms with Crippen molar-refractivity contribution in [1.29, 1.82) is 0 Å². The first-order valence-electron chi connectivity index (χ1n) is 6.64. The Morgan fingerprint density at radius 3 is 1.95 bits per heavy atom. The second kappa shape index (κ2) is 4.85. The Labute approximate surface area is 113 Å². The molecule has 0 heterocycles. The van der Waals surface area contributed by atoms with Gasteiger partial charge in [-0.3, -0.25) is 4.79 Å². The van der Waals surface area contributed by atoms with Gasteiger partial charge in [0.15, 0.2) is 0 Å². The van der Waals surface area contributed by atoms with Gasteiger partial charge in [0.2, 0.25) is 0 Å². The number of hydrogen-bond acceptors (Lipinski definition) is 1. The van der Waals surface area contributed by atoms with Crippen LogP contribution in [0.2, 0.25) is 0 Å². The van der Waals surface area contributed by atoms with Crippen molar-refractivity contribution in [2.24, 2.45) is 5.92 Å². The second-order valence-electron chi connectivity index (χ2n) is 4.99. The van der Waals surface area contributed by atoms with Crippen LogP contribution in [-0.2, 0) is 4.79 Å². The van der Waals surface area contributed by atoms with Gasteiger partial charge in [0.1, 0.15) is 5.78 Å². The molecule has 0 bridgehead atoms. The summed E-state index contributed by atoms with van der Waals surface area (Å²) in [7, 11) is 0. The Balaban J connectivity index is 2.17. The van der Waals surface area contributed by atoms with Gasteiger partial charge in [0, 0.05) is 12.3 Å². The van der Waals surface area contributed by atoms with Crippen LogP contribution in [0.3, 0.4) is 0 Å². The topological polar surface area (TPSA) is 17.1 Å². The molecule has 0 radical (unpaired) electrons. The van der Waals surface area contributed by atoms with Crippen LogP contribution in [-0.4, -0.2) is 5.78 Å². The minimum Gasteiger partial charge on any atom is -0.299 e. The van der Waals surface area contributed by atoms with Crippen molar-refractivity contribution in [2.45, 2.75) is 13.3 Å². The summed E-state index contributed by atoms with van der Waals surface area (Å²) in [5, 5.41) is 0. The highest BCUT2D eigenvalue weighted by molar-refractivity contribution is 6.13. The zero-order chi connectivity index (χ0) is 13.2. The number of hydrogen-bond donors (Lipinski definition) is 0. The molecule has 1 aliphatic rings. The number of carbonyl (C=O) groups is 1. The first-order chi connectivity index (χ1) is 9.27. The Hall–Kier alpha value is -2.15. The molecule has 2 aromatic carbocycles. The maximum absolute atomic E-state index is 12.1. The molecule has 1 heteroatoms. The van der Waals surface area contributed by atoms with Crippen LogP contribution in [0.25, 0.3) is 11.1 Å². The summed E-state index contributed by atoms with van der Waals surface area (Å²) in [5.41, 5.74) is 4.71. The van der Waals surface area contributed by atoms with Crippen molar-refractivity contribution < 1.29 is 4.79 Å². The Bertz CT molecular complexity index is 623. The van der Waals surface area contributed by atoms with E-state index < -0.39 is 0 Å². The highest BCUT2D eigenvalue weighted by atomic mass is 16.1. The molecule has 2 aromatic rings. The van der Waals surface area contributed by atoms with Gasteiger partial charge in [-0.1, -0.05) is 67.6 Å². The number of benzene rings is 2. The monoisotopic (exact) mass is 248 g/mol. The van der Waals surface area contributed by atoms with Crippen molar-refractivity contribution in [1.82, 2.24) is 0 Å². The van der Waals surface area contributed by atoms with Crippen LogP contribution in [0.1, 0.15) is 24.5 Å². The van der Waals surface area contributed by atoms with Gasteiger partial charge in [-0.25, -0.2) is 0 Å². The summed E-state index contributed by atoms with van der Waals surface area (Å²) in [6, 6.07) is 20.5. The molecular formula is C18H16O. The Kier molecular flexibility index (Phi) is 3.04. The molecule has 0 N–H and O–H groups in total. The fourth-order valence-corrected chi connectivity index (χ4v) is 2.78. The van der Waals surface area contributed by atoms with E-state index in [9.17, 15) is 4.79 Å². The van der Waals surface area contributed by atoms with E-state index >= 15 is 0 Å². The predicted octanol–water partition coefficient (Wildman–Crippen LogP) is 4.21. The first-order valence-corrected chi connectivity index (χ1v) is 6.64. The Morgan fingerprint density at radius 2 is 1.37 bits per heavy atom. The van der Waals surface area contributed by atoms with Crippen LogP contribution in [0.4, 0.5) is 0 Å². The molecule has 3 rings (SSSR count). The molecule has 0 amide bonds. The van der Waals surface area contributed by atoms with Crippen LogP contribution < -0.4 is 0 Å². The molecule has 0 aliphatic heterocycles. The lowest BCUT2D eigenvalue weighted by molar-refractivity contribution is -0.119. The lowest BCUT2D eigenvalue weighted by Crippen LogP contribution is -2.04. The van der Waals surface area contributed by atoms with Gasteiger partial charge in [-0.05, 0) is 22.3 Å². The summed E-state index contributed by atoms with van der Waals surface area (Å²) in [4.78, 5) is 12.1. The molecule has 0 saturated carbocycles. The lowest BCUT2D eigenvalue weighted by atomic mass is 9.92. The fourth-order valence-electron chi connectivity index (χ4n) is 2.78. The summed E-state index contributed by atoms with van der Waals surface area (Å²) in [6.45, 7) is 2.01. The molecule has 19 heavy (non-hydrogen) atoms. The van der Waals surface area contributed by atoms with E-state index in [2.05, 4.69) is 24.3 Å². The van der Waals surface area contributed by atoms with Gasteiger partial charge >= 0.3 is 0 Å². The summed E-state index contributed by atoms with van der Waals surface area (Å²) >= 11 is 0. The van der Waals surface area contributed by atoms with Crippen LogP contribution in [0.5, 0.6) is 0 Å². The number of ketones is 1. The molecule has 0 spiro atoms. The van der Waals surface area contributed by atoms with Crippen molar-refractivity contribution >= 4 is 16.9 Å². The minimum atomic E-state index is -0.00222. The number of rotatable bonds is 2. The van der Waals surface area contributed by atoms with E-state index in [-0.39, 0.29) is 5.92 Å². The smallest absolute Gasteiger partial charge is 0.144 e. The SMILES string of the molecule is CC1C(=O)CC(c2ccccc2)=C1c1ccccc1. The normalized spacial score (nSPS) is 19.0. The second-order valence-corrected chi connectivity index (χ2v) is 4.99. The molecular weight excluding hydrogens is 232 g/mol. The third-order valence-corrected chi connectivity index (χ3v) is 3.80. The van der Waals surface area contributed by atoms with E-state index in [4.69, 9.17) is 0 Å². The van der Waals surface area contributed by atoms with Crippen LogP contribution in [0, 0.1) is 5.92 Å². The first kappa shape index (κ1) is 11.9. The number of carbonyl (C=O) groups excluding carboxylic acids is 1. The lowest BCUT2D eigenvalue weighted by Gasteiger charge is -2.11. The van der Waals surface area contributed by atoms with Crippen LogP contribution in [0.15, 0.2) is 60.7 Å². The van der Waals surface area contributed by atoms with Crippen molar-refractivity contribution in [2.75, 3.05) is 0 Å². The standard InChI is InChI=1S/C18H16O/c1-13-17(19)12-16(14-8-4-2-5-9-14)18(13)15-10-6-3-7-11-15/h2-11,13H,12H2,1H3. The van der Waals surface area contributed by atoms with E-state index in [0.717, 1.165) is 0 Å². The van der Waals surface area contributed by atoms with Crippen molar-refractivity contribution in [3.63, 3.8) is 0 Å². The highest BCUT2D eigenvalue weighted by Gasteiger charge is 2.30. The number of Topliss-reactive ketones (excluding diaryl/α,β-unsaturated/α-hetero) is 1. The van der Waals surface area contributed by atoms with Gasteiger partial charge in [-0.15, -0.1) is 0 Å². The van der Waals surface area contributed by atoms with Gasteiger partial charge in [0.25, 0.3) is 0 Å². The molecule has 1 aliphatic carbocycles. The molecule has 1 atom stereocenters. The molecule has 0 fully saturated rings. The molecule has 1 unspecified atom stereocenters. The fraction of sp³-hybridized carbons (Fsp3) is 0.167. The zero-order valence-electron chi connectivity index (χ0n) is 11.0. The average Bonchev–Trinajstić information content (AvgIpc) is 2.77. The van der Waals surface area contributed by atoms with Crippen LogP contribution >= 0.6 is 0 Å². The van der Waals surface area contributed by atoms with Crippen molar-refractivity contribution in [3.8, 4) is 0 Å². The molecule has 1 nitrogen and oxygen atoms in total. The minimum absolute atomic E-state index is 0.00222. The van der Waals surface area contributed by atoms with Gasteiger partial charge in [0.05, 0.1) is 0 Å². The summed E-state index contributed by atoms with van der Waals surface area (Å²) in [5.74, 6) is 0.315. The molecule has 94 valence electrons. The predicted molar refractivity (Wildman–Crippen MR) is 78.5 cm³/mol. The third kappa shape index (κ3) is 2.12. The number of allylic oxidation sites excluding steroid dienone is 2. The summed E-state index contributed by atoms with van der Waals surface area (Å²) < 4.78 is 0. The van der Waals surface area contributed by atoms with Gasteiger partial charge in [-0.2, -0.15) is 0 Å². The van der Waals surface area contributed by atoms with Crippen molar-refractivity contribution in [3.05, 3.63) is 71.8 Å². The third-order valence-electron chi connectivity index (χ3n) is 3.80. The van der Waals surface area contributed by atoms with E-state index in [1.807, 2.05) is 43.3 Å². The average molecular weight is 248 g/mol. The largest absolute Gasteiger partial charge is 0.299 e. The maximum atomic E-state index is 12.1.